The average molecular weight is 460 g/mol. The van der Waals surface area contributed by atoms with Gasteiger partial charge in [0.25, 0.3) is 0 Å². The summed E-state index contributed by atoms with van der Waals surface area (Å²) in [5.74, 6) is 0.491. The van der Waals surface area contributed by atoms with Crippen molar-refractivity contribution in [1.82, 2.24) is 0 Å². The Morgan fingerprint density at radius 1 is 0.848 bits per heavy atom. The van der Waals surface area contributed by atoms with Gasteiger partial charge in [-0.1, -0.05) is 83.1 Å². The fourth-order valence-corrected chi connectivity index (χ4v) is 7.08. The van der Waals surface area contributed by atoms with Gasteiger partial charge in [-0.3, -0.25) is 0 Å². The van der Waals surface area contributed by atoms with Crippen LogP contribution in [-0.4, -0.2) is 18.2 Å². The minimum absolute atomic E-state index is 0.0621. The van der Waals surface area contributed by atoms with Crippen LogP contribution in [0.4, 0.5) is 5.69 Å². The number of aromatic hydroxyl groups is 1. The molecule has 0 amide bonds. The number of anilines is 1. The largest absolute Gasteiger partial charge is 0.507 e. The number of hydrogen-bond donors (Lipinski definition) is 1. The molecule has 0 aliphatic carbocycles. The highest BCUT2D eigenvalue weighted by molar-refractivity contribution is 7.49. The van der Waals surface area contributed by atoms with Gasteiger partial charge in [-0.2, -0.15) is 0 Å². The molecule has 2 nitrogen and oxygen atoms in total. The van der Waals surface area contributed by atoms with E-state index < -0.39 is 0 Å². The van der Waals surface area contributed by atoms with Crippen molar-refractivity contribution in [2.45, 2.75) is 64.5 Å². The second-order valence-electron chi connectivity index (χ2n) is 9.41. The van der Waals surface area contributed by atoms with E-state index in [4.69, 9.17) is 0 Å². The van der Waals surface area contributed by atoms with Gasteiger partial charge in [0.05, 0.1) is 0 Å². The highest BCUT2D eigenvalue weighted by Crippen LogP contribution is 2.52. The third-order valence-electron chi connectivity index (χ3n) is 7.39. The highest BCUT2D eigenvalue weighted by atomic mass is 31.1. The van der Waals surface area contributed by atoms with Crippen molar-refractivity contribution < 1.29 is 5.11 Å². The van der Waals surface area contributed by atoms with Gasteiger partial charge >= 0.3 is 0 Å². The van der Waals surface area contributed by atoms with E-state index in [2.05, 4.69) is 86.3 Å². The SMILES string of the molecule is CCC(CC)(Pc1c(C)cccc1N1CCCCC1)c1cccc(Cc2ccccc2)c1O. The van der Waals surface area contributed by atoms with E-state index in [0.717, 1.165) is 43.5 Å². The molecule has 1 atom stereocenters. The fraction of sp³-hybridized carbons (Fsp3) is 0.400. The standard InChI is InChI=1S/C30H38NOP/c1-4-30(5-2,26-18-13-17-25(28(26)32)22-24-15-8-6-9-16-24)33-29-23(3)14-12-19-27(29)31-20-10-7-11-21-31/h6,8-9,12-19,32-33H,4-5,7,10-11,20-22H2,1-3H3. The smallest absolute Gasteiger partial charge is 0.123 e. The molecule has 0 spiro atoms. The zero-order chi connectivity index (χ0) is 23.3. The first-order chi connectivity index (χ1) is 16.1. The van der Waals surface area contributed by atoms with Crippen molar-refractivity contribution in [3.63, 3.8) is 0 Å². The molecule has 0 bridgehead atoms. The molecule has 3 aromatic carbocycles. The van der Waals surface area contributed by atoms with Crippen molar-refractivity contribution in [2.24, 2.45) is 0 Å². The summed E-state index contributed by atoms with van der Waals surface area (Å²) in [6.45, 7) is 9.16. The Balaban J connectivity index is 1.73. The van der Waals surface area contributed by atoms with E-state index in [0.29, 0.717) is 14.3 Å². The molecule has 0 aromatic heterocycles. The number of rotatable bonds is 8. The van der Waals surface area contributed by atoms with Crippen LogP contribution in [0, 0.1) is 6.92 Å². The molecule has 0 radical (unpaired) electrons. The maximum Gasteiger partial charge on any atom is 0.123 e. The summed E-state index contributed by atoms with van der Waals surface area (Å²) in [6, 6.07) is 23.6. The Morgan fingerprint density at radius 2 is 1.55 bits per heavy atom. The zero-order valence-electron chi connectivity index (χ0n) is 20.4. The van der Waals surface area contributed by atoms with Crippen molar-refractivity contribution in [2.75, 3.05) is 18.0 Å². The van der Waals surface area contributed by atoms with Gasteiger partial charge in [-0.05, 0) is 67.1 Å². The van der Waals surface area contributed by atoms with Crippen LogP contribution in [-0.2, 0) is 11.6 Å². The molecule has 0 saturated carbocycles. The molecule has 1 heterocycles. The van der Waals surface area contributed by atoms with Gasteiger partial charge in [0.2, 0.25) is 0 Å². The number of phenolic OH excluding ortho intramolecular Hbond substituents is 1. The summed E-state index contributed by atoms with van der Waals surface area (Å²) in [4.78, 5) is 2.60. The molecule has 1 unspecified atom stereocenters. The number of aryl methyl sites for hydroxylation is 1. The monoisotopic (exact) mass is 459 g/mol. The number of phenols is 1. The normalized spacial score (nSPS) is 14.8. The Labute approximate surface area is 201 Å². The van der Waals surface area contributed by atoms with E-state index in [1.54, 1.807) is 0 Å². The summed E-state index contributed by atoms with van der Waals surface area (Å²) in [5.41, 5.74) is 6.17. The predicted molar refractivity (Wildman–Crippen MR) is 145 cm³/mol. The molecule has 1 aliphatic rings. The lowest BCUT2D eigenvalue weighted by Gasteiger charge is -2.37. The predicted octanol–water partition coefficient (Wildman–Crippen LogP) is 7.30. The first-order valence-electron chi connectivity index (χ1n) is 12.6. The van der Waals surface area contributed by atoms with Gasteiger partial charge in [0.15, 0.2) is 0 Å². The number of hydrogen-bond acceptors (Lipinski definition) is 2. The van der Waals surface area contributed by atoms with E-state index in [9.17, 15) is 5.11 Å². The molecule has 174 valence electrons. The number of piperidine rings is 1. The Hall–Kier alpha value is -2.31. The third-order valence-corrected chi connectivity index (χ3v) is 9.75. The van der Waals surface area contributed by atoms with E-state index in [1.165, 1.54) is 41.4 Å². The molecule has 1 aliphatic heterocycles. The van der Waals surface area contributed by atoms with Crippen LogP contribution in [0.2, 0.25) is 0 Å². The van der Waals surface area contributed by atoms with Gasteiger partial charge in [0.1, 0.15) is 5.75 Å². The number of nitrogens with zero attached hydrogens (tertiary/aromatic N) is 1. The first-order valence-corrected chi connectivity index (χ1v) is 13.6. The number of para-hydroxylation sites is 1. The van der Waals surface area contributed by atoms with Crippen LogP contribution >= 0.6 is 8.58 Å². The number of benzene rings is 3. The minimum atomic E-state index is -0.0621. The summed E-state index contributed by atoms with van der Waals surface area (Å²) < 4.78 is 0. The molecule has 3 aromatic rings. The molecular weight excluding hydrogens is 421 g/mol. The van der Waals surface area contributed by atoms with E-state index in [-0.39, 0.29) is 5.16 Å². The lowest BCUT2D eigenvalue weighted by atomic mass is 9.89. The van der Waals surface area contributed by atoms with Crippen LogP contribution in [0.15, 0.2) is 66.7 Å². The van der Waals surface area contributed by atoms with Gasteiger partial charge in [-0.25, -0.2) is 0 Å². The van der Waals surface area contributed by atoms with Crippen molar-refractivity contribution in [3.8, 4) is 5.75 Å². The molecular formula is C30H38NOP. The van der Waals surface area contributed by atoms with E-state index >= 15 is 0 Å². The van der Waals surface area contributed by atoms with Gasteiger partial charge in [0, 0.05) is 35.9 Å². The summed E-state index contributed by atoms with van der Waals surface area (Å²) in [6.07, 6.45) is 6.69. The van der Waals surface area contributed by atoms with Crippen LogP contribution in [0.25, 0.3) is 0 Å². The molecule has 1 N–H and O–H groups in total. The molecule has 3 heteroatoms. The minimum Gasteiger partial charge on any atom is -0.507 e. The molecule has 4 rings (SSSR count). The molecule has 1 fully saturated rings. The second-order valence-corrected chi connectivity index (χ2v) is 11.1. The maximum absolute atomic E-state index is 11.5. The lowest BCUT2D eigenvalue weighted by Crippen LogP contribution is -2.34. The maximum atomic E-state index is 11.5. The van der Waals surface area contributed by atoms with Crippen LogP contribution in [0.3, 0.4) is 0 Å². The average Bonchev–Trinajstić information content (AvgIpc) is 2.86. The Kier molecular flexibility index (Phi) is 7.76. The van der Waals surface area contributed by atoms with Crippen LogP contribution in [0.1, 0.15) is 68.2 Å². The van der Waals surface area contributed by atoms with Crippen LogP contribution in [0.5, 0.6) is 5.75 Å². The summed E-state index contributed by atoms with van der Waals surface area (Å²) in [7, 11) is 0.624. The highest BCUT2D eigenvalue weighted by Gasteiger charge is 2.34. The Morgan fingerprint density at radius 3 is 2.24 bits per heavy atom. The van der Waals surface area contributed by atoms with Crippen molar-refractivity contribution in [1.29, 1.82) is 0 Å². The first kappa shape index (κ1) is 23.8. The second kappa shape index (κ2) is 10.7. The van der Waals surface area contributed by atoms with Gasteiger partial charge < -0.3 is 10.0 Å². The van der Waals surface area contributed by atoms with Gasteiger partial charge in [-0.15, -0.1) is 0 Å². The van der Waals surface area contributed by atoms with Crippen molar-refractivity contribution >= 4 is 19.6 Å². The summed E-state index contributed by atoms with van der Waals surface area (Å²) in [5, 5.41) is 12.9. The zero-order valence-corrected chi connectivity index (χ0v) is 21.4. The molecule has 33 heavy (non-hydrogen) atoms. The third kappa shape index (κ3) is 5.12. The van der Waals surface area contributed by atoms with E-state index in [1.807, 2.05) is 6.07 Å². The summed E-state index contributed by atoms with van der Waals surface area (Å²) >= 11 is 0. The van der Waals surface area contributed by atoms with Crippen molar-refractivity contribution in [3.05, 3.63) is 89.0 Å². The Bertz CT molecular complexity index is 1050. The molecule has 1 saturated heterocycles. The fourth-order valence-electron chi connectivity index (χ4n) is 5.26. The lowest BCUT2D eigenvalue weighted by molar-refractivity contribution is 0.443. The quantitative estimate of drug-likeness (QED) is 0.357. The topological polar surface area (TPSA) is 23.5 Å². The van der Waals surface area contributed by atoms with Crippen LogP contribution < -0.4 is 10.2 Å².